The Balaban J connectivity index is 1.67. The minimum Gasteiger partial charge on any atom is -0.310 e. The fourth-order valence-electron chi connectivity index (χ4n) is 4.14. The summed E-state index contributed by atoms with van der Waals surface area (Å²) in [6.45, 7) is -0.478. The smallest absolute Gasteiger partial charge is 0.306 e. The third-order valence-electron chi connectivity index (χ3n) is 6.16. The summed E-state index contributed by atoms with van der Waals surface area (Å²) in [5.74, 6) is -7.72. The third-order valence-corrected chi connectivity index (χ3v) is 6.16. The van der Waals surface area contributed by atoms with E-state index in [-0.39, 0.29) is 24.1 Å². The van der Waals surface area contributed by atoms with Crippen LogP contribution in [0.2, 0.25) is 0 Å². The highest BCUT2D eigenvalue weighted by atomic mass is 19.1. The van der Waals surface area contributed by atoms with E-state index in [1.165, 1.54) is 0 Å². The van der Waals surface area contributed by atoms with Crippen molar-refractivity contribution in [2.45, 2.75) is 32.2 Å². The Morgan fingerprint density at radius 1 is 0.872 bits per heavy atom. The van der Waals surface area contributed by atoms with Crippen LogP contribution >= 0.6 is 0 Å². The van der Waals surface area contributed by atoms with Crippen LogP contribution in [-0.4, -0.2) is 39.5 Å². The van der Waals surface area contributed by atoms with Crippen LogP contribution < -0.4 is 11.0 Å². The molecule has 1 fully saturated rings. The topological polar surface area (TPSA) is 106 Å². The highest BCUT2D eigenvalue weighted by Gasteiger charge is 2.27. The summed E-state index contributed by atoms with van der Waals surface area (Å²) in [4.78, 5) is 62.4. The molecule has 1 saturated heterocycles. The highest BCUT2D eigenvalue weighted by Crippen LogP contribution is 2.19. The number of hydrogen-bond donors (Lipinski definition) is 1. The van der Waals surface area contributed by atoms with Crippen LogP contribution in [0.3, 0.4) is 0 Å². The number of aromatic nitrogens is 1. The zero-order valence-electron chi connectivity index (χ0n) is 20.3. The largest absolute Gasteiger partial charge is 0.310 e. The molecule has 0 bridgehead atoms. The van der Waals surface area contributed by atoms with Gasteiger partial charge in [0.15, 0.2) is 5.78 Å². The maximum absolute atomic E-state index is 14.3. The number of nitrogens with zero attached hydrogens (tertiary/aromatic N) is 2. The average Bonchev–Trinajstić information content (AvgIpc) is 3.29. The van der Waals surface area contributed by atoms with E-state index in [4.69, 9.17) is 0 Å². The molecule has 3 aromatic rings. The van der Waals surface area contributed by atoms with E-state index in [2.05, 4.69) is 5.43 Å². The number of Topliss-reactive ketones (excluding diaryl/α,β-unsaturated/α-hetero) is 2. The van der Waals surface area contributed by atoms with E-state index in [1.54, 1.807) is 0 Å². The number of hydrogen-bond acceptors (Lipinski definition) is 5. The minimum atomic E-state index is -1.24. The Labute approximate surface area is 218 Å². The number of benzene rings is 2. The minimum absolute atomic E-state index is 0.0262. The number of carbonyl (C=O) groups excluding carboxylic acids is 4. The fraction of sp³-hybridized carbons (Fsp3) is 0.222. The normalized spacial score (nSPS) is 13.0. The second-order valence-electron chi connectivity index (χ2n) is 8.89. The molecule has 12 heteroatoms. The van der Waals surface area contributed by atoms with Crippen LogP contribution in [0.1, 0.15) is 46.3 Å². The molecule has 202 valence electrons. The van der Waals surface area contributed by atoms with Crippen molar-refractivity contribution < 1.29 is 36.7 Å². The van der Waals surface area contributed by atoms with Gasteiger partial charge in [-0.05, 0) is 42.3 Å². The van der Waals surface area contributed by atoms with Crippen LogP contribution in [-0.2, 0) is 27.3 Å². The molecule has 0 unspecified atom stereocenters. The van der Waals surface area contributed by atoms with Gasteiger partial charge in [-0.2, -0.15) is 0 Å². The van der Waals surface area contributed by atoms with Gasteiger partial charge in [0.05, 0.1) is 18.5 Å². The van der Waals surface area contributed by atoms with Crippen molar-refractivity contribution in [1.29, 1.82) is 0 Å². The van der Waals surface area contributed by atoms with E-state index < -0.39 is 82.7 Å². The van der Waals surface area contributed by atoms with Gasteiger partial charge in [0.25, 0.3) is 5.56 Å². The summed E-state index contributed by atoms with van der Waals surface area (Å²) in [7, 11) is 0. The molecule has 39 heavy (non-hydrogen) atoms. The first-order valence-electron chi connectivity index (χ1n) is 11.8. The van der Waals surface area contributed by atoms with Gasteiger partial charge in [-0.1, -0.05) is 12.1 Å². The number of rotatable bonds is 9. The highest BCUT2D eigenvalue weighted by molar-refractivity contribution is 6.40. The molecule has 0 spiro atoms. The number of carbonyl (C=O) groups is 4. The molecule has 0 aliphatic carbocycles. The number of halogens is 4. The molecule has 0 atom stereocenters. The second kappa shape index (κ2) is 11.4. The Hall–Kier alpha value is -4.61. The Bertz CT molecular complexity index is 1510. The van der Waals surface area contributed by atoms with Gasteiger partial charge in [0.1, 0.15) is 23.3 Å². The van der Waals surface area contributed by atoms with Crippen molar-refractivity contribution in [3.05, 3.63) is 105 Å². The standard InChI is InChI=1S/C27H21F4N3O5/c28-19-4-1-5-20(29)16(19)10-15-11-17(23(35)12-24(36)26(38)32-34-9-3-8-25(34)37)27(39)33(13-15)14-18-21(30)6-2-7-22(18)31/h1-2,4-7,11,13H,3,8-10,12,14H2,(H,32,38). The van der Waals surface area contributed by atoms with Crippen molar-refractivity contribution in [3.63, 3.8) is 0 Å². The molecule has 2 amide bonds. The number of pyridine rings is 1. The van der Waals surface area contributed by atoms with E-state index in [9.17, 15) is 41.5 Å². The maximum Gasteiger partial charge on any atom is 0.306 e. The van der Waals surface area contributed by atoms with Crippen LogP contribution in [0, 0.1) is 23.3 Å². The lowest BCUT2D eigenvalue weighted by molar-refractivity contribution is -0.144. The molecule has 2 heterocycles. The molecule has 1 N–H and O–H groups in total. The SMILES string of the molecule is O=C(CC(=O)c1cc(Cc2c(F)cccc2F)cn(Cc2c(F)cccc2F)c1=O)C(=O)NN1CCCC1=O. The molecule has 1 aliphatic heterocycles. The van der Waals surface area contributed by atoms with Crippen molar-refractivity contribution in [3.8, 4) is 0 Å². The fourth-order valence-corrected chi connectivity index (χ4v) is 4.14. The van der Waals surface area contributed by atoms with Crippen molar-refractivity contribution in [2.24, 2.45) is 0 Å². The van der Waals surface area contributed by atoms with Gasteiger partial charge in [0, 0.05) is 36.7 Å². The van der Waals surface area contributed by atoms with Gasteiger partial charge in [0.2, 0.25) is 11.7 Å². The maximum atomic E-state index is 14.3. The van der Waals surface area contributed by atoms with Gasteiger partial charge >= 0.3 is 5.91 Å². The zero-order valence-corrected chi connectivity index (χ0v) is 20.3. The van der Waals surface area contributed by atoms with Crippen LogP contribution in [0.25, 0.3) is 0 Å². The van der Waals surface area contributed by atoms with E-state index >= 15 is 0 Å². The zero-order chi connectivity index (χ0) is 28.3. The first kappa shape index (κ1) is 27.4. The van der Waals surface area contributed by atoms with Crippen LogP contribution in [0.4, 0.5) is 17.6 Å². The summed E-state index contributed by atoms with van der Waals surface area (Å²) in [6, 6.07) is 7.25. The molecule has 1 aromatic heterocycles. The lowest BCUT2D eigenvalue weighted by Gasteiger charge is -2.16. The first-order chi connectivity index (χ1) is 18.5. The predicted octanol–water partition coefficient (Wildman–Crippen LogP) is 2.84. The third kappa shape index (κ3) is 6.11. The molecule has 0 saturated carbocycles. The van der Waals surface area contributed by atoms with Crippen LogP contribution in [0.15, 0.2) is 53.5 Å². The molecular formula is C27H21F4N3O5. The van der Waals surface area contributed by atoms with Crippen LogP contribution in [0.5, 0.6) is 0 Å². The van der Waals surface area contributed by atoms with Crippen molar-refractivity contribution in [2.75, 3.05) is 6.54 Å². The molecular weight excluding hydrogens is 522 g/mol. The number of hydrazine groups is 1. The Morgan fingerprint density at radius 3 is 2.03 bits per heavy atom. The summed E-state index contributed by atoms with van der Waals surface area (Å²) < 4.78 is 58.0. The molecule has 8 nitrogen and oxygen atoms in total. The Kier molecular flexibility index (Phi) is 8.03. The summed E-state index contributed by atoms with van der Waals surface area (Å²) in [5, 5.41) is 0.949. The molecule has 1 aliphatic rings. The number of nitrogens with one attached hydrogen (secondary N) is 1. The summed E-state index contributed by atoms with van der Waals surface area (Å²) in [5.41, 5.74) is -0.419. The van der Waals surface area contributed by atoms with E-state index in [0.717, 1.165) is 58.2 Å². The molecule has 0 radical (unpaired) electrons. The average molecular weight is 543 g/mol. The quantitative estimate of drug-likeness (QED) is 0.194. The lowest BCUT2D eigenvalue weighted by atomic mass is 10.0. The second-order valence-corrected chi connectivity index (χ2v) is 8.89. The Morgan fingerprint density at radius 2 is 1.46 bits per heavy atom. The molecule has 2 aromatic carbocycles. The first-order valence-corrected chi connectivity index (χ1v) is 11.8. The van der Waals surface area contributed by atoms with E-state index in [1.807, 2.05) is 0 Å². The van der Waals surface area contributed by atoms with E-state index in [0.29, 0.717) is 6.42 Å². The van der Waals surface area contributed by atoms with Gasteiger partial charge in [-0.3, -0.25) is 34.4 Å². The number of ketones is 2. The van der Waals surface area contributed by atoms with Gasteiger partial charge in [-0.25, -0.2) is 17.6 Å². The van der Waals surface area contributed by atoms with Crippen molar-refractivity contribution in [1.82, 2.24) is 15.0 Å². The van der Waals surface area contributed by atoms with Crippen molar-refractivity contribution >= 4 is 23.4 Å². The molecule has 4 rings (SSSR count). The van der Waals surface area contributed by atoms with Gasteiger partial charge < -0.3 is 4.57 Å². The number of amides is 2. The lowest BCUT2D eigenvalue weighted by Crippen LogP contribution is -2.46. The van der Waals surface area contributed by atoms with Gasteiger partial charge in [-0.15, -0.1) is 0 Å². The summed E-state index contributed by atoms with van der Waals surface area (Å²) in [6.07, 6.45) is 0.262. The monoisotopic (exact) mass is 543 g/mol. The predicted molar refractivity (Wildman–Crippen MR) is 128 cm³/mol. The summed E-state index contributed by atoms with van der Waals surface area (Å²) >= 11 is 0.